The number of aromatic carboxylic acids is 1. The first-order valence-electron chi connectivity index (χ1n) is 9.07. The maximum atomic E-state index is 13.1. The Hall–Kier alpha value is -2.76. The number of nitrogens with one attached hydrogen (secondary N) is 1. The molecule has 174 valence electrons. The lowest BCUT2D eigenvalue weighted by Gasteiger charge is -2.13. The number of rotatable bonds is 8. The summed E-state index contributed by atoms with van der Waals surface area (Å²) in [5.41, 5.74) is 0.611. The van der Waals surface area contributed by atoms with Crippen LogP contribution in [0.1, 0.15) is 20.8 Å². The van der Waals surface area contributed by atoms with Crippen molar-refractivity contribution in [3.63, 3.8) is 0 Å². The van der Waals surface area contributed by atoms with Gasteiger partial charge in [-0.3, -0.25) is 0 Å². The minimum atomic E-state index is -4.58. The highest BCUT2D eigenvalue weighted by Gasteiger charge is 2.33. The third kappa shape index (κ3) is 5.98. The molecular formula is C21H14BrClF3NO5S. The van der Waals surface area contributed by atoms with Crippen molar-refractivity contribution >= 4 is 56.5 Å². The highest BCUT2D eigenvalue weighted by molar-refractivity contribution is 9.10. The second kappa shape index (κ2) is 10.0. The number of thiophene rings is 1. The average Bonchev–Trinajstić information content (AvgIpc) is 3.07. The lowest BCUT2D eigenvalue weighted by atomic mass is 10.1. The Morgan fingerprint density at radius 2 is 1.88 bits per heavy atom. The molecule has 2 aromatic carbocycles. The predicted octanol–water partition coefficient (Wildman–Crippen LogP) is 6.62. The molecule has 3 N–H and O–H groups in total. The third-order valence-electron chi connectivity index (χ3n) is 4.30. The Morgan fingerprint density at radius 1 is 1.15 bits per heavy atom. The number of benzene rings is 2. The van der Waals surface area contributed by atoms with E-state index < -0.39 is 35.3 Å². The molecular weight excluding hydrogens is 551 g/mol. The van der Waals surface area contributed by atoms with Crippen LogP contribution in [0, 0.1) is 0 Å². The number of halogens is 5. The summed E-state index contributed by atoms with van der Waals surface area (Å²) in [5.74, 6) is -2.61. The van der Waals surface area contributed by atoms with Gasteiger partial charge < -0.3 is 20.3 Å². The maximum Gasteiger partial charge on any atom is 0.417 e. The standard InChI is InChI=1S/C21H14BrClF3NO5S/c22-16-17(32-9-15(28)29)19(20(30)31)33-18(16)11-3-1-2-10(6-11)8-27-12-4-5-14(23)13(7-12)21(24,25)26/h1-7,27H,8-9H2,(H,28,29)(H,30,31). The smallest absolute Gasteiger partial charge is 0.417 e. The lowest BCUT2D eigenvalue weighted by Crippen LogP contribution is -2.11. The van der Waals surface area contributed by atoms with E-state index in [1.165, 1.54) is 6.07 Å². The number of ether oxygens (including phenoxy) is 1. The molecule has 0 fully saturated rings. The van der Waals surface area contributed by atoms with E-state index in [1.807, 2.05) is 0 Å². The number of carboxylic acids is 2. The topological polar surface area (TPSA) is 95.9 Å². The van der Waals surface area contributed by atoms with Crippen molar-refractivity contribution in [1.82, 2.24) is 0 Å². The first-order chi connectivity index (χ1) is 15.5. The molecule has 3 rings (SSSR count). The number of aliphatic carboxylic acids is 1. The molecule has 0 amide bonds. The van der Waals surface area contributed by atoms with Gasteiger partial charge in [0.2, 0.25) is 0 Å². The maximum absolute atomic E-state index is 13.1. The molecule has 12 heteroatoms. The van der Waals surface area contributed by atoms with Crippen LogP contribution in [0.2, 0.25) is 5.02 Å². The van der Waals surface area contributed by atoms with Gasteiger partial charge in [-0.15, -0.1) is 11.3 Å². The Bertz CT molecular complexity index is 1220. The van der Waals surface area contributed by atoms with Gasteiger partial charge >= 0.3 is 18.1 Å². The molecule has 3 aromatic rings. The van der Waals surface area contributed by atoms with Crippen LogP contribution >= 0.6 is 38.9 Å². The molecule has 0 spiro atoms. The Labute approximate surface area is 202 Å². The van der Waals surface area contributed by atoms with Crippen LogP contribution in [-0.2, 0) is 17.5 Å². The van der Waals surface area contributed by atoms with Gasteiger partial charge in [-0.25, -0.2) is 9.59 Å². The van der Waals surface area contributed by atoms with Crippen LogP contribution in [0.25, 0.3) is 10.4 Å². The number of carbonyl (C=O) groups is 2. The average molecular weight is 565 g/mol. The number of alkyl halides is 3. The largest absolute Gasteiger partial charge is 0.479 e. The molecule has 0 aliphatic heterocycles. The highest BCUT2D eigenvalue weighted by Crippen LogP contribution is 2.45. The van der Waals surface area contributed by atoms with E-state index in [0.717, 1.165) is 23.5 Å². The number of carboxylic acid groups (broad SMARTS) is 2. The predicted molar refractivity (Wildman–Crippen MR) is 121 cm³/mol. The summed E-state index contributed by atoms with van der Waals surface area (Å²) in [5, 5.41) is 20.8. The van der Waals surface area contributed by atoms with E-state index in [2.05, 4.69) is 21.2 Å². The van der Waals surface area contributed by atoms with Crippen LogP contribution in [0.3, 0.4) is 0 Å². The normalized spacial score (nSPS) is 11.3. The van der Waals surface area contributed by atoms with Gasteiger partial charge in [0.1, 0.15) is 0 Å². The molecule has 1 aromatic heterocycles. The van der Waals surface area contributed by atoms with Gasteiger partial charge in [-0.05, 0) is 51.3 Å². The molecule has 0 atom stereocenters. The van der Waals surface area contributed by atoms with Crippen LogP contribution < -0.4 is 10.1 Å². The minimum Gasteiger partial charge on any atom is -0.479 e. The molecule has 0 unspecified atom stereocenters. The number of hydrogen-bond acceptors (Lipinski definition) is 5. The Morgan fingerprint density at radius 3 is 2.52 bits per heavy atom. The quantitative estimate of drug-likeness (QED) is 0.284. The molecule has 1 heterocycles. The summed E-state index contributed by atoms with van der Waals surface area (Å²) >= 11 is 9.83. The van der Waals surface area contributed by atoms with Gasteiger partial charge in [0, 0.05) is 12.2 Å². The summed E-state index contributed by atoms with van der Waals surface area (Å²) in [6, 6.07) is 10.4. The van der Waals surface area contributed by atoms with Gasteiger partial charge in [0.05, 0.1) is 19.9 Å². The van der Waals surface area contributed by atoms with Crippen LogP contribution in [0.4, 0.5) is 18.9 Å². The highest BCUT2D eigenvalue weighted by atomic mass is 79.9. The fourth-order valence-corrected chi connectivity index (χ4v) is 4.98. The van der Waals surface area contributed by atoms with Crippen molar-refractivity contribution in [3.05, 3.63) is 68.0 Å². The summed E-state index contributed by atoms with van der Waals surface area (Å²) in [6.45, 7) is -0.524. The summed E-state index contributed by atoms with van der Waals surface area (Å²) in [7, 11) is 0. The van der Waals surface area contributed by atoms with E-state index in [1.54, 1.807) is 24.3 Å². The van der Waals surface area contributed by atoms with Gasteiger partial charge in [0.25, 0.3) is 0 Å². The molecule has 33 heavy (non-hydrogen) atoms. The van der Waals surface area contributed by atoms with E-state index in [-0.39, 0.29) is 22.9 Å². The zero-order chi connectivity index (χ0) is 24.3. The molecule has 0 bridgehead atoms. The second-order valence-electron chi connectivity index (χ2n) is 6.64. The zero-order valence-corrected chi connectivity index (χ0v) is 19.5. The van der Waals surface area contributed by atoms with Crippen LogP contribution in [0.15, 0.2) is 46.9 Å². The second-order valence-corrected chi connectivity index (χ2v) is 8.86. The molecule has 0 saturated carbocycles. The number of hydrogen-bond donors (Lipinski definition) is 3. The van der Waals surface area contributed by atoms with Crippen LogP contribution in [0.5, 0.6) is 5.75 Å². The van der Waals surface area contributed by atoms with E-state index in [4.69, 9.17) is 21.4 Å². The Kier molecular flexibility index (Phi) is 7.55. The third-order valence-corrected chi connectivity index (χ3v) is 6.86. The molecule has 0 radical (unpaired) electrons. The molecule has 0 aliphatic rings. The fraction of sp³-hybridized carbons (Fsp3) is 0.143. The summed E-state index contributed by atoms with van der Waals surface area (Å²) in [4.78, 5) is 22.7. The molecule has 0 saturated heterocycles. The monoisotopic (exact) mass is 563 g/mol. The Balaban J connectivity index is 1.85. The van der Waals surface area contributed by atoms with Crippen molar-refractivity contribution < 1.29 is 37.7 Å². The SMILES string of the molecule is O=C(O)COc1c(C(=O)O)sc(-c2cccc(CNc3ccc(Cl)c(C(F)(F)F)c3)c2)c1Br. The first-order valence-corrected chi connectivity index (χ1v) is 11.1. The van der Waals surface area contributed by atoms with Crippen molar-refractivity contribution in [2.75, 3.05) is 11.9 Å². The fourth-order valence-electron chi connectivity index (χ4n) is 2.86. The van der Waals surface area contributed by atoms with Gasteiger partial charge in [-0.2, -0.15) is 13.2 Å². The molecule has 6 nitrogen and oxygen atoms in total. The van der Waals surface area contributed by atoms with E-state index in [9.17, 15) is 27.9 Å². The zero-order valence-electron chi connectivity index (χ0n) is 16.4. The van der Waals surface area contributed by atoms with Crippen molar-refractivity contribution in [1.29, 1.82) is 0 Å². The van der Waals surface area contributed by atoms with Crippen molar-refractivity contribution in [2.24, 2.45) is 0 Å². The van der Waals surface area contributed by atoms with Crippen LogP contribution in [-0.4, -0.2) is 28.8 Å². The minimum absolute atomic E-state index is 0.0886. The van der Waals surface area contributed by atoms with Gasteiger partial charge in [0.15, 0.2) is 17.2 Å². The summed E-state index contributed by atoms with van der Waals surface area (Å²) in [6.07, 6.45) is -4.58. The van der Waals surface area contributed by atoms with Gasteiger partial charge in [-0.1, -0.05) is 29.8 Å². The summed E-state index contributed by atoms with van der Waals surface area (Å²) < 4.78 is 44.6. The van der Waals surface area contributed by atoms with Crippen molar-refractivity contribution in [3.8, 4) is 16.2 Å². The molecule has 0 aliphatic carbocycles. The van der Waals surface area contributed by atoms with E-state index >= 15 is 0 Å². The lowest BCUT2D eigenvalue weighted by molar-refractivity contribution is -0.139. The van der Waals surface area contributed by atoms with Crippen molar-refractivity contribution in [2.45, 2.75) is 12.7 Å². The number of anilines is 1. The van der Waals surface area contributed by atoms with E-state index in [0.29, 0.717) is 20.5 Å². The first kappa shape index (κ1) is 24.9.